The minimum atomic E-state index is -6.00. The number of hydrogen-bond acceptors (Lipinski definition) is 0. The molecule has 0 amide bonds. The van der Waals surface area contributed by atoms with E-state index in [4.69, 9.17) is 0 Å². The molecule has 5 rings (SSSR count). The minimum absolute atomic E-state index is 0. The first kappa shape index (κ1) is 38.0. The van der Waals surface area contributed by atoms with Crippen LogP contribution in [0.15, 0.2) is 152 Å². The molecule has 0 unspecified atom stereocenters. The molecule has 0 radical (unpaired) electrons. The van der Waals surface area contributed by atoms with Crippen LogP contribution in [-0.2, 0) is 21.1 Å². The van der Waals surface area contributed by atoms with Crippen molar-refractivity contribution in [1.82, 2.24) is 0 Å². The van der Waals surface area contributed by atoms with Crippen molar-refractivity contribution in [3.8, 4) is 0 Å². The summed E-state index contributed by atoms with van der Waals surface area (Å²) in [6.07, 6.45) is 5.00. The van der Waals surface area contributed by atoms with Crippen LogP contribution in [0.5, 0.6) is 0 Å². The quantitative estimate of drug-likeness (QED) is 0.0541. The predicted molar refractivity (Wildman–Crippen MR) is 187 cm³/mol. The van der Waals surface area contributed by atoms with Gasteiger partial charge in [0.05, 0.1) is 0 Å². The molecular weight excluding hydrogens is 795 g/mol. The first-order chi connectivity index (χ1) is 20.4. The van der Waals surface area contributed by atoms with Crippen molar-refractivity contribution in [3.05, 3.63) is 159 Å². The molecular formula is C35H36BF4P3Pt. The van der Waals surface area contributed by atoms with Gasteiger partial charge in [-0.25, -0.2) is 0 Å². The smallest absolute Gasteiger partial charge is 0.418 e. The Morgan fingerprint density at radius 1 is 0.364 bits per heavy atom. The zero-order chi connectivity index (χ0) is 29.6. The number of hydrogen-bond donors (Lipinski definition) is 0. The summed E-state index contributed by atoms with van der Waals surface area (Å²) in [6, 6.07) is 56.0. The molecule has 0 aliphatic heterocycles. The van der Waals surface area contributed by atoms with Crippen LogP contribution in [0.25, 0.3) is 0 Å². The van der Waals surface area contributed by atoms with Crippen molar-refractivity contribution >= 4 is 57.5 Å². The Hall–Kier alpha value is -2.14. The normalized spacial score (nSPS) is 10.9. The molecule has 9 heteroatoms. The maximum Gasteiger partial charge on any atom is 2.00 e. The van der Waals surface area contributed by atoms with Gasteiger partial charge >= 0.3 is 28.3 Å². The van der Waals surface area contributed by atoms with Gasteiger partial charge in [-0.1, -0.05) is 160 Å². The maximum atomic E-state index is 9.75. The first-order valence-electron chi connectivity index (χ1n) is 13.8. The van der Waals surface area contributed by atoms with Gasteiger partial charge in [0.2, 0.25) is 0 Å². The van der Waals surface area contributed by atoms with Gasteiger partial charge in [0.25, 0.3) is 0 Å². The first-order valence-corrected chi connectivity index (χ1v) is 18.6. The van der Waals surface area contributed by atoms with Gasteiger partial charge in [0, 0.05) is 0 Å². The van der Waals surface area contributed by atoms with Crippen molar-refractivity contribution in [2.24, 2.45) is 0 Å². The van der Waals surface area contributed by atoms with Crippen molar-refractivity contribution in [2.75, 3.05) is 24.6 Å². The van der Waals surface area contributed by atoms with E-state index in [1.807, 2.05) is 0 Å². The summed E-state index contributed by atoms with van der Waals surface area (Å²) in [5, 5.41) is 7.50. The summed E-state index contributed by atoms with van der Waals surface area (Å²) in [7, 11) is -6.98. The molecule has 0 fully saturated rings. The molecule has 0 aromatic heterocycles. The third-order valence-electron chi connectivity index (χ3n) is 6.58. The van der Waals surface area contributed by atoms with Gasteiger partial charge in [-0.3, -0.25) is 0 Å². The van der Waals surface area contributed by atoms with E-state index in [9.17, 15) is 17.3 Å². The fourth-order valence-corrected chi connectivity index (χ4v) is 13.3. The average molecular weight is 831 g/mol. The molecule has 0 spiro atoms. The van der Waals surface area contributed by atoms with Crippen molar-refractivity contribution in [1.29, 1.82) is 0 Å². The minimum Gasteiger partial charge on any atom is -0.418 e. The molecule has 0 aliphatic rings. The summed E-state index contributed by atoms with van der Waals surface area (Å²) < 4.78 is 39.0. The Bertz CT molecular complexity index is 1260. The van der Waals surface area contributed by atoms with E-state index in [1.165, 1.54) is 45.9 Å². The van der Waals surface area contributed by atoms with Crippen LogP contribution in [0.3, 0.4) is 0 Å². The van der Waals surface area contributed by atoms with Crippen LogP contribution in [0, 0.1) is 7.43 Å². The molecule has 5 aromatic rings. The summed E-state index contributed by atoms with van der Waals surface area (Å²) in [5.41, 5.74) is 0. The van der Waals surface area contributed by atoms with E-state index in [1.54, 1.807) is 5.30 Å². The summed E-state index contributed by atoms with van der Waals surface area (Å²) >= 11 is 0. The molecule has 0 nitrogen and oxygen atoms in total. The molecule has 0 atom stereocenters. The second-order valence-corrected chi connectivity index (χ2v) is 16.6. The van der Waals surface area contributed by atoms with Crippen LogP contribution in [0.2, 0.25) is 0 Å². The monoisotopic (exact) mass is 831 g/mol. The van der Waals surface area contributed by atoms with E-state index in [0.717, 1.165) is 0 Å². The van der Waals surface area contributed by atoms with E-state index in [-0.39, 0.29) is 52.3 Å². The summed E-state index contributed by atoms with van der Waals surface area (Å²) in [5.74, 6) is 0. The Morgan fingerprint density at radius 3 is 0.795 bits per heavy atom. The number of benzene rings is 5. The zero-order valence-electron chi connectivity index (χ0n) is 24.5. The number of halogens is 4. The SMILES string of the molecule is F[B-](F)(F)F.[CH3-].[Pt+2].c1ccc(P(CCP(c2ccccc2)c2ccccc2)CCP(c2ccccc2)c2ccccc2)cc1. The van der Waals surface area contributed by atoms with Crippen LogP contribution in [0.4, 0.5) is 17.3 Å². The third-order valence-corrected chi connectivity index (χ3v) is 14.9. The predicted octanol–water partition coefficient (Wildman–Crippen LogP) is 8.81. The molecule has 0 heterocycles. The topological polar surface area (TPSA) is 0 Å². The van der Waals surface area contributed by atoms with Crippen LogP contribution >= 0.6 is 23.8 Å². The Balaban J connectivity index is 0.000000894. The van der Waals surface area contributed by atoms with Crippen LogP contribution < -0.4 is 26.5 Å². The van der Waals surface area contributed by atoms with Crippen LogP contribution in [-0.4, -0.2) is 31.9 Å². The average Bonchev–Trinajstić information content (AvgIpc) is 3.02. The molecule has 0 N–H and O–H groups in total. The largest absolute Gasteiger partial charge is 2.00 e. The van der Waals surface area contributed by atoms with Gasteiger partial charge in [0.1, 0.15) is 0 Å². The van der Waals surface area contributed by atoms with Gasteiger partial charge in [0.15, 0.2) is 0 Å². The van der Waals surface area contributed by atoms with Crippen LogP contribution in [0.1, 0.15) is 0 Å². The van der Waals surface area contributed by atoms with Gasteiger partial charge in [-0.2, -0.15) is 0 Å². The fourth-order valence-electron chi connectivity index (χ4n) is 4.70. The van der Waals surface area contributed by atoms with Gasteiger partial charge < -0.3 is 24.7 Å². The molecule has 0 bridgehead atoms. The molecule has 232 valence electrons. The number of rotatable bonds is 11. The molecule has 0 saturated heterocycles. The Kier molecular flexibility index (Phi) is 17.4. The standard InChI is InChI=1S/C34H33P3.CH3.BF4.Pt/c1-6-16-30(17-7-1)35(26-28-36(31-18-8-2-9-19-31)32-20-10-3-11-21-32)27-29-37(33-22-12-4-13-23-33)34-24-14-5-15-25-34;;2-1(3,4)5;/h1-25H,26-29H2;1H3;;/q;2*-1;+2. The molecule has 0 aliphatic carbocycles. The Morgan fingerprint density at radius 2 is 0.568 bits per heavy atom. The van der Waals surface area contributed by atoms with Crippen molar-refractivity contribution in [2.45, 2.75) is 0 Å². The molecule has 0 saturated carbocycles. The van der Waals surface area contributed by atoms with E-state index in [0.29, 0.717) is 0 Å². The van der Waals surface area contributed by atoms with Crippen molar-refractivity contribution in [3.63, 3.8) is 0 Å². The van der Waals surface area contributed by atoms with Crippen molar-refractivity contribution < 1.29 is 38.3 Å². The van der Waals surface area contributed by atoms with E-state index < -0.39 is 7.25 Å². The third kappa shape index (κ3) is 13.1. The van der Waals surface area contributed by atoms with Gasteiger partial charge in [-0.05, 0) is 67.0 Å². The van der Waals surface area contributed by atoms with Gasteiger partial charge in [-0.15, -0.1) is 0 Å². The zero-order valence-corrected chi connectivity index (χ0v) is 29.5. The maximum absolute atomic E-state index is 9.75. The molecule has 5 aromatic carbocycles. The van der Waals surface area contributed by atoms with E-state index >= 15 is 0 Å². The molecule has 44 heavy (non-hydrogen) atoms. The fraction of sp³-hybridized carbons (Fsp3) is 0.114. The summed E-state index contributed by atoms with van der Waals surface area (Å²) in [4.78, 5) is 0. The Labute approximate surface area is 278 Å². The summed E-state index contributed by atoms with van der Waals surface area (Å²) in [6.45, 7) is 0. The second-order valence-electron chi connectivity index (χ2n) is 9.46. The second kappa shape index (κ2) is 20.1. The van der Waals surface area contributed by atoms with E-state index in [2.05, 4.69) is 152 Å².